The number of ketones is 1. The van der Waals surface area contributed by atoms with Gasteiger partial charge in [-0.3, -0.25) is 4.79 Å². The van der Waals surface area contributed by atoms with Gasteiger partial charge in [-0.25, -0.2) is 13.6 Å². The number of halogens is 2. The second kappa shape index (κ2) is 9.67. The highest BCUT2D eigenvalue weighted by atomic mass is 35.5. The summed E-state index contributed by atoms with van der Waals surface area (Å²) in [5.74, 6) is -0.101. The van der Waals surface area contributed by atoms with Crippen LogP contribution < -0.4 is 10.5 Å². The average molecular weight is 502 g/mol. The third-order valence-electron chi connectivity index (χ3n) is 5.42. The SMILES string of the molecule is NS(=O)(=O)c1ccc(CCN[C@@H](C(=O)c2c[nH]c3c(Cl)c(Cl)ccc23)c2ccccc2)cc1. The van der Waals surface area contributed by atoms with Crippen LogP contribution in [0, 0.1) is 0 Å². The van der Waals surface area contributed by atoms with Crippen LogP contribution in [0.5, 0.6) is 0 Å². The maximum Gasteiger partial charge on any atom is 0.238 e. The van der Waals surface area contributed by atoms with Crippen LogP contribution >= 0.6 is 23.2 Å². The summed E-state index contributed by atoms with van der Waals surface area (Å²) in [6.45, 7) is 0.495. The van der Waals surface area contributed by atoms with Crippen LogP contribution in [-0.2, 0) is 16.4 Å². The van der Waals surface area contributed by atoms with E-state index in [4.69, 9.17) is 28.3 Å². The second-order valence-electron chi connectivity index (χ2n) is 7.59. The van der Waals surface area contributed by atoms with Gasteiger partial charge in [0, 0.05) is 23.7 Å². The molecule has 170 valence electrons. The number of aromatic amines is 1. The van der Waals surface area contributed by atoms with E-state index in [2.05, 4.69) is 10.3 Å². The van der Waals surface area contributed by atoms with Gasteiger partial charge in [0.25, 0.3) is 0 Å². The van der Waals surface area contributed by atoms with Crippen molar-refractivity contribution in [1.29, 1.82) is 0 Å². The van der Waals surface area contributed by atoms with Crippen molar-refractivity contribution in [3.05, 3.63) is 99.7 Å². The summed E-state index contributed by atoms with van der Waals surface area (Å²) in [4.78, 5) is 16.7. The molecule has 3 aromatic carbocycles. The van der Waals surface area contributed by atoms with Crippen LogP contribution in [0.1, 0.15) is 27.5 Å². The summed E-state index contributed by atoms with van der Waals surface area (Å²) < 4.78 is 22.9. The predicted octanol–water partition coefficient (Wildman–Crippen LogP) is 4.88. The number of hydrogen-bond acceptors (Lipinski definition) is 4. The molecule has 0 saturated carbocycles. The number of carbonyl (C=O) groups excluding carboxylic acids is 1. The Morgan fingerprint density at radius 3 is 2.36 bits per heavy atom. The van der Waals surface area contributed by atoms with Crippen molar-refractivity contribution >= 4 is 49.9 Å². The van der Waals surface area contributed by atoms with E-state index in [1.165, 1.54) is 12.1 Å². The molecule has 0 aliphatic rings. The number of aromatic nitrogens is 1. The van der Waals surface area contributed by atoms with Crippen LogP contribution in [0.4, 0.5) is 0 Å². The Bertz CT molecular complexity index is 1400. The van der Waals surface area contributed by atoms with Crippen molar-refractivity contribution in [2.45, 2.75) is 17.4 Å². The van der Waals surface area contributed by atoms with E-state index < -0.39 is 16.1 Å². The highest BCUT2D eigenvalue weighted by Crippen LogP contribution is 2.33. The summed E-state index contributed by atoms with van der Waals surface area (Å²) in [6, 6.07) is 18.7. The highest BCUT2D eigenvalue weighted by Gasteiger charge is 2.24. The molecule has 0 unspecified atom stereocenters. The molecule has 0 radical (unpaired) electrons. The molecule has 1 aromatic heterocycles. The van der Waals surface area contributed by atoms with Crippen molar-refractivity contribution in [2.24, 2.45) is 5.14 Å². The zero-order valence-electron chi connectivity index (χ0n) is 17.4. The van der Waals surface area contributed by atoms with Crippen molar-refractivity contribution in [3.8, 4) is 0 Å². The number of rotatable bonds is 8. The molecule has 4 N–H and O–H groups in total. The van der Waals surface area contributed by atoms with Gasteiger partial charge in [-0.15, -0.1) is 0 Å². The van der Waals surface area contributed by atoms with E-state index in [1.54, 1.807) is 30.5 Å². The number of H-pyrrole nitrogens is 1. The largest absolute Gasteiger partial charge is 0.359 e. The fraction of sp³-hybridized carbons (Fsp3) is 0.125. The van der Waals surface area contributed by atoms with Gasteiger partial charge in [-0.1, -0.05) is 71.7 Å². The first-order valence-electron chi connectivity index (χ1n) is 10.1. The molecule has 1 atom stereocenters. The van der Waals surface area contributed by atoms with E-state index in [0.29, 0.717) is 39.5 Å². The molecule has 0 bridgehead atoms. The Kier molecular flexibility index (Phi) is 6.88. The molecule has 6 nitrogen and oxygen atoms in total. The van der Waals surface area contributed by atoms with E-state index in [1.807, 2.05) is 30.3 Å². The molecule has 0 fully saturated rings. The molecular formula is C24H21Cl2N3O3S. The van der Waals surface area contributed by atoms with Crippen LogP contribution in [0.2, 0.25) is 10.0 Å². The first-order valence-corrected chi connectivity index (χ1v) is 12.5. The number of hydrogen-bond donors (Lipinski definition) is 3. The van der Waals surface area contributed by atoms with E-state index in [9.17, 15) is 13.2 Å². The Hall–Kier alpha value is -2.68. The number of nitrogens with two attached hydrogens (primary N) is 1. The molecule has 0 saturated heterocycles. The van der Waals surface area contributed by atoms with Gasteiger partial charge in [-0.2, -0.15) is 0 Å². The topological polar surface area (TPSA) is 105 Å². The molecule has 0 aliphatic heterocycles. The molecule has 0 spiro atoms. The molecular weight excluding hydrogens is 481 g/mol. The lowest BCUT2D eigenvalue weighted by atomic mass is 9.96. The van der Waals surface area contributed by atoms with Crippen molar-refractivity contribution < 1.29 is 13.2 Å². The molecule has 0 amide bonds. The van der Waals surface area contributed by atoms with Crippen LogP contribution in [0.3, 0.4) is 0 Å². The fourth-order valence-electron chi connectivity index (χ4n) is 3.71. The van der Waals surface area contributed by atoms with Gasteiger partial charge >= 0.3 is 0 Å². The molecule has 1 heterocycles. The minimum Gasteiger partial charge on any atom is -0.359 e. The Morgan fingerprint density at radius 2 is 1.70 bits per heavy atom. The van der Waals surface area contributed by atoms with Crippen LogP contribution in [-0.4, -0.2) is 25.7 Å². The zero-order valence-corrected chi connectivity index (χ0v) is 19.7. The van der Waals surface area contributed by atoms with Gasteiger partial charge in [0.05, 0.1) is 26.5 Å². The summed E-state index contributed by atoms with van der Waals surface area (Å²) in [7, 11) is -3.73. The molecule has 4 rings (SSSR count). The third kappa shape index (κ3) is 5.13. The van der Waals surface area contributed by atoms with E-state index in [0.717, 1.165) is 11.1 Å². The number of fused-ring (bicyclic) bond motifs is 1. The van der Waals surface area contributed by atoms with Gasteiger partial charge < -0.3 is 10.3 Å². The Balaban J connectivity index is 1.56. The summed E-state index contributed by atoms with van der Waals surface area (Å²) in [6.07, 6.45) is 2.25. The maximum atomic E-state index is 13.6. The third-order valence-corrected chi connectivity index (χ3v) is 7.15. The number of primary sulfonamides is 1. The molecule has 4 aromatic rings. The second-order valence-corrected chi connectivity index (χ2v) is 9.93. The van der Waals surface area contributed by atoms with Gasteiger partial charge in [0.15, 0.2) is 5.78 Å². The number of nitrogens with one attached hydrogen (secondary N) is 2. The summed E-state index contributed by atoms with van der Waals surface area (Å²) >= 11 is 12.4. The lowest BCUT2D eigenvalue weighted by molar-refractivity contribution is 0.0945. The monoisotopic (exact) mass is 501 g/mol. The molecule has 33 heavy (non-hydrogen) atoms. The quantitative estimate of drug-likeness (QED) is 0.299. The lowest BCUT2D eigenvalue weighted by Gasteiger charge is -2.18. The lowest BCUT2D eigenvalue weighted by Crippen LogP contribution is -2.30. The minimum atomic E-state index is -3.73. The molecule has 0 aliphatic carbocycles. The number of sulfonamides is 1. The smallest absolute Gasteiger partial charge is 0.238 e. The normalized spacial score (nSPS) is 12.7. The Morgan fingerprint density at radius 1 is 1.00 bits per heavy atom. The average Bonchev–Trinajstić information content (AvgIpc) is 3.24. The van der Waals surface area contributed by atoms with Crippen molar-refractivity contribution in [3.63, 3.8) is 0 Å². The minimum absolute atomic E-state index is 0.0645. The van der Waals surface area contributed by atoms with Crippen molar-refractivity contribution in [1.82, 2.24) is 10.3 Å². The maximum absolute atomic E-state index is 13.6. The number of Topliss-reactive ketones (excluding diaryl/α,β-unsaturated/α-hetero) is 1. The predicted molar refractivity (Wildman–Crippen MR) is 131 cm³/mol. The zero-order chi connectivity index (χ0) is 23.6. The first-order chi connectivity index (χ1) is 15.8. The van der Waals surface area contributed by atoms with Crippen LogP contribution in [0.25, 0.3) is 10.9 Å². The summed E-state index contributed by atoms with van der Waals surface area (Å²) in [5, 5.41) is 9.99. The van der Waals surface area contributed by atoms with Crippen molar-refractivity contribution in [2.75, 3.05) is 6.54 Å². The van der Waals surface area contributed by atoms with Gasteiger partial charge in [-0.05, 0) is 35.7 Å². The highest BCUT2D eigenvalue weighted by molar-refractivity contribution is 7.89. The van der Waals surface area contributed by atoms with Crippen LogP contribution in [0.15, 0.2) is 77.8 Å². The summed E-state index contributed by atoms with van der Waals surface area (Å²) in [5.41, 5.74) is 2.89. The Labute approximate surface area is 201 Å². The molecule has 9 heteroatoms. The number of benzene rings is 3. The standard InChI is InChI=1S/C24H21Cl2N3O3S/c25-20-11-10-18-19(14-29-23(18)21(20)26)24(30)22(16-4-2-1-3-5-16)28-13-12-15-6-8-17(9-7-15)33(27,31)32/h1-11,14,22,28-29H,12-13H2,(H2,27,31,32)/t22-/m1/s1. The first kappa shape index (κ1) is 23.5. The van der Waals surface area contributed by atoms with Gasteiger partial charge in [0.2, 0.25) is 10.0 Å². The van der Waals surface area contributed by atoms with Gasteiger partial charge in [0.1, 0.15) is 0 Å². The number of carbonyl (C=O) groups is 1. The fourth-order valence-corrected chi connectivity index (χ4v) is 4.60. The van der Waals surface area contributed by atoms with E-state index >= 15 is 0 Å². The van der Waals surface area contributed by atoms with E-state index in [-0.39, 0.29) is 10.7 Å².